The van der Waals surface area contributed by atoms with E-state index in [1.54, 1.807) is 25.3 Å². The quantitative estimate of drug-likeness (QED) is 0.501. The summed E-state index contributed by atoms with van der Waals surface area (Å²) in [6.07, 6.45) is 3.11. The number of carboxylic acids is 1. The van der Waals surface area contributed by atoms with E-state index in [1.807, 2.05) is 13.0 Å². The van der Waals surface area contributed by atoms with Crippen LogP contribution in [0.1, 0.15) is 12.5 Å². The molecule has 0 aliphatic rings. The molecule has 1 aromatic carbocycles. The van der Waals surface area contributed by atoms with Gasteiger partial charge in [0.05, 0.1) is 19.5 Å². The van der Waals surface area contributed by atoms with Crippen LogP contribution < -0.4 is 14.8 Å². The van der Waals surface area contributed by atoms with Gasteiger partial charge in [0.15, 0.2) is 11.5 Å². The molecule has 0 radical (unpaired) electrons. The first kappa shape index (κ1) is 18.9. The zero-order chi connectivity index (χ0) is 17.1. The number of ether oxygens (including phenoxy) is 2. The highest BCUT2D eigenvalue weighted by Crippen LogP contribution is 2.28. The standard InChI is InChI=1S/C16H21NO5S/c1-3-22-13-6-4-12(10-14(13)21-2)5-7-15(18)17-8-9-23-11-16(19)20/h4-7,10H,3,8-9,11H2,1-2H3,(H,17,18)(H,19,20)/b7-5+. The van der Waals surface area contributed by atoms with Crippen LogP contribution in [-0.4, -0.2) is 48.8 Å². The van der Waals surface area contributed by atoms with E-state index in [4.69, 9.17) is 14.6 Å². The third-order valence-corrected chi connectivity index (χ3v) is 3.63. The molecule has 0 heterocycles. The Balaban J connectivity index is 2.46. The Labute approximate surface area is 139 Å². The summed E-state index contributed by atoms with van der Waals surface area (Å²) in [7, 11) is 1.56. The number of carboxylic acid groups (broad SMARTS) is 1. The lowest BCUT2D eigenvalue weighted by molar-refractivity contribution is -0.133. The lowest BCUT2D eigenvalue weighted by Crippen LogP contribution is -2.23. The Kier molecular flexibility index (Phi) is 8.67. The second kappa shape index (κ2) is 10.6. The van der Waals surface area contributed by atoms with Crippen LogP contribution in [0.3, 0.4) is 0 Å². The van der Waals surface area contributed by atoms with Crippen molar-refractivity contribution in [3.05, 3.63) is 29.8 Å². The summed E-state index contributed by atoms with van der Waals surface area (Å²) in [6, 6.07) is 5.42. The second-order valence-corrected chi connectivity index (χ2v) is 5.52. The third-order valence-electron chi connectivity index (χ3n) is 2.69. The molecular weight excluding hydrogens is 318 g/mol. The molecule has 126 valence electrons. The van der Waals surface area contributed by atoms with Crippen LogP contribution in [-0.2, 0) is 9.59 Å². The van der Waals surface area contributed by atoms with Gasteiger partial charge in [-0.2, -0.15) is 0 Å². The first-order chi connectivity index (χ1) is 11.1. The predicted molar refractivity (Wildman–Crippen MR) is 91.2 cm³/mol. The fourth-order valence-corrected chi connectivity index (χ4v) is 2.26. The maximum absolute atomic E-state index is 11.7. The minimum Gasteiger partial charge on any atom is -0.493 e. The highest BCUT2D eigenvalue weighted by atomic mass is 32.2. The van der Waals surface area contributed by atoms with Gasteiger partial charge in [0.2, 0.25) is 5.91 Å². The summed E-state index contributed by atoms with van der Waals surface area (Å²) in [4.78, 5) is 22.0. The van der Waals surface area contributed by atoms with Crippen LogP contribution >= 0.6 is 11.8 Å². The molecule has 1 amide bonds. The maximum Gasteiger partial charge on any atom is 0.313 e. The number of carbonyl (C=O) groups is 2. The van der Waals surface area contributed by atoms with E-state index in [1.165, 1.54) is 17.8 Å². The van der Waals surface area contributed by atoms with Gasteiger partial charge in [0.1, 0.15) is 0 Å². The molecule has 1 rings (SSSR count). The fraction of sp³-hybridized carbons (Fsp3) is 0.375. The summed E-state index contributed by atoms with van der Waals surface area (Å²) < 4.78 is 10.7. The molecule has 0 spiro atoms. The molecule has 0 unspecified atom stereocenters. The lowest BCUT2D eigenvalue weighted by atomic mass is 10.2. The normalized spacial score (nSPS) is 10.5. The topological polar surface area (TPSA) is 84.9 Å². The van der Waals surface area contributed by atoms with Crippen molar-refractivity contribution in [3.8, 4) is 11.5 Å². The van der Waals surface area contributed by atoms with Crippen molar-refractivity contribution >= 4 is 29.7 Å². The summed E-state index contributed by atoms with van der Waals surface area (Å²) in [5, 5.41) is 11.2. The smallest absolute Gasteiger partial charge is 0.313 e. The third kappa shape index (κ3) is 7.60. The number of aliphatic carboxylic acids is 1. The zero-order valence-corrected chi connectivity index (χ0v) is 14.0. The van der Waals surface area contributed by atoms with Crippen LogP contribution in [0.4, 0.5) is 0 Å². The van der Waals surface area contributed by atoms with E-state index in [0.29, 0.717) is 30.4 Å². The van der Waals surface area contributed by atoms with E-state index < -0.39 is 5.97 Å². The molecule has 6 nitrogen and oxygen atoms in total. The molecular formula is C16H21NO5S. The van der Waals surface area contributed by atoms with Crippen LogP contribution in [0.25, 0.3) is 6.08 Å². The van der Waals surface area contributed by atoms with Crippen molar-refractivity contribution in [1.82, 2.24) is 5.32 Å². The minimum absolute atomic E-state index is 0.0394. The molecule has 0 fully saturated rings. The molecule has 0 atom stereocenters. The van der Waals surface area contributed by atoms with E-state index in [2.05, 4.69) is 5.32 Å². The SMILES string of the molecule is CCOc1ccc(/C=C/C(=O)NCCSCC(=O)O)cc1OC. The van der Waals surface area contributed by atoms with Gasteiger partial charge in [0, 0.05) is 18.4 Å². The molecule has 1 aromatic rings. The Bertz CT molecular complexity index is 559. The number of hydrogen-bond donors (Lipinski definition) is 2. The number of rotatable bonds is 10. The molecule has 7 heteroatoms. The second-order valence-electron chi connectivity index (χ2n) is 4.41. The highest BCUT2D eigenvalue weighted by molar-refractivity contribution is 7.99. The molecule has 0 aromatic heterocycles. The Morgan fingerprint density at radius 2 is 2.13 bits per heavy atom. The van der Waals surface area contributed by atoms with E-state index in [-0.39, 0.29) is 11.7 Å². The molecule has 0 bridgehead atoms. The average Bonchev–Trinajstić information content (AvgIpc) is 2.53. The van der Waals surface area contributed by atoms with Crippen molar-refractivity contribution in [1.29, 1.82) is 0 Å². The Hall–Kier alpha value is -2.15. The average molecular weight is 339 g/mol. The number of benzene rings is 1. The highest BCUT2D eigenvalue weighted by Gasteiger charge is 2.04. The van der Waals surface area contributed by atoms with Gasteiger partial charge >= 0.3 is 5.97 Å². The summed E-state index contributed by atoms with van der Waals surface area (Å²) in [6.45, 7) is 2.87. The molecule has 0 aliphatic heterocycles. The van der Waals surface area contributed by atoms with Crippen molar-refractivity contribution in [2.45, 2.75) is 6.92 Å². The van der Waals surface area contributed by atoms with Gasteiger partial charge < -0.3 is 19.9 Å². The van der Waals surface area contributed by atoms with Crippen LogP contribution in [0.15, 0.2) is 24.3 Å². The number of methoxy groups -OCH3 is 1. The van der Waals surface area contributed by atoms with Crippen molar-refractivity contribution in [3.63, 3.8) is 0 Å². The van der Waals surface area contributed by atoms with Crippen molar-refractivity contribution in [2.24, 2.45) is 0 Å². The maximum atomic E-state index is 11.7. The number of carbonyl (C=O) groups excluding carboxylic acids is 1. The first-order valence-electron chi connectivity index (χ1n) is 7.13. The largest absolute Gasteiger partial charge is 0.493 e. The van der Waals surface area contributed by atoms with E-state index in [9.17, 15) is 9.59 Å². The fourth-order valence-electron chi connectivity index (χ4n) is 1.70. The van der Waals surface area contributed by atoms with Gasteiger partial charge in [-0.05, 0) is 30.7 Å². The molecule has 0 saturated heterocycles. The monoisotopic (exact) mass is 339 g/mol. The Morgan fingerprint density at radius 3 is 2.78 bits per heavy atom. The molecule has 0 aliphatic carbocycles. The van der Waals surface area contributed by atoms with Gasteiger partial charge in [-0.3, -0.25) is 9.59 Å². The van der Waals surface area contributed by atoms with Crippen LogP contribution in [0, 0.1) is 0 Å². The van der Waals surface area contributed by atoms with Gasteiger partial charge in [-0.25, -0.2) is 0 Å². The van der Waals surface area contributed by atoms with Crippen LogP contribution in [0.2, 0.25) is 0 Å². The number of hydrogen-bond acceptors (Lipinski definition) is 5. The van der Waals surface area contributed by atoms with Gasteiger partial charge in [0.25, 0.3) is 0 Å². The van der Waals surface area contributed by atoms with Crippen molar-refractivity contribution < 1.29 is 24.2 Å². The van der Waals surface area contributed by atoms with Crippen LogP contribution in [0.5, 0.6) is 11.5 Å². The lowest BCUT2D eigenvalue weighted by Gasteiger charge is -2.09. The van der Waals surface area contributed by atoms with Gasteiger partial charge in [-0.1, -0.05) is 6.07 Å². The number of amides is 1. The molecule has 0 saturated carbocycles. The first-order valence-corrected chi connectivity index (χ1v) is 8.28. The predicted octanol–water partition coefficient (Wildman–Crippen LogP) is 2.04. The van der Waals surface area contributed by atoms with E-state index >= 15 is 0 Å². The summed E-state index contributed by atoms with van der Waals surface area (Å²) in [5.74, 6) is 0.784. The molecule has 23 heavy (non-hydrogen) atoms. The number of thioether (sulfide) groups is 1. The Morgan fingerprint density at radius 1 is 1.35 bits per heavy atom. The zero-order valence-electron chi connectivity index (χ0n) is 13.2. The molecule has 2 N–H and O–H groups in total. The summed E-state index contributed by atoms with van der Waals surface area (Å²) in [5.41, 5.74) is 0.820. The minimum atomic E-state index is -0.856. The van der Waals surface area contributed by atoms with Crippen molar-refractivity contribution in [2.75, 3.05) is 31.8 Å². The number of nitrogens with one attached hydrogen (secondary N) is 1. The van der Waals surface area contributed by atoms with E-state index in [0.717, 1.165) is 5.56 Å². The summed E-state index contributed by atoms with van der Waals surface area (Å²) >= 11 is 1.26. The van der Waals surface area contributed by atoms with Gasteiger partial charge in [-0.15, -0.1) is 11.8 Å².